The van der Waals surface area contributed by atoms with E-state index in [-0.39, 0.29) is 12.0 Å². The van der Waals surface area contributed by atoms with E-state index in [1.54, 1.807) is 23.4 Å². The molecular formula is C18H16BrN3O2S. The largest absolute Gasteiger partial charge is 0.376 e. The zero-order valence-corrected chi connectivity index (χ0v) is 15.8. The van der Waals surface area contributed by atoms with E-state index in [9.17, 15) is 4.79 Å². The van der Waals surface area contributed by atoms with Gasteiger partial charge in [-0.25, -0.2) is 4.98 Å². The van der Waals surface area contributed by atoms with Crippen molar-refractivity contribution in [3.8, 4) is 0 Å². The van der Waals surface area contributed by atoms with Crippen molar-refractivity contribution in [2.24, 2.45) is 0 Å². The standard InChI is InChI=1S/C18H16BrN3O2S/c19-13-8-12(9-20-10-13)17(23)22(11-14-4-3-7-24-14)18-21-15-5-1-2-6-16(15)25-18/h1-2,5-6,8-10,14H,3-4,7,11H2/t14-/m0/s1. The number of carbonyl (C=O) groups is 1. The summed E-state index contributed by atoms with van der Waals surface area (Å²) in [4.78, 5) is 23.6. The predicted molar refractivity (Wildman–Crippen MR) is 102 cm³/mol. The van der Waals surface area contributed by atoms with Gasteiger partial charge < -0.3 is 4.74 Å². The summed E-state index contributed by atoms with van der Waals surface area (Å²) >= 11 is 4.90. The van der Waals surface area contributed by atoms with E-state index in [0.29, 0.717) is 17.2 Å². The Balaban J connectivity index is 1.71. The quantitative estimate of drug-likeness (QED) is 0.635. The lowest BCUT2D eigenvalue weighted by molar-refractivity contribution is 0.0917. The number of amides is 1. The predicted octanol–water partition coefficient (Wildman–Crippen LogP) is 4.28. The van der Waals surface area contributed by atoms with Gasteiger partial charge in [0.15, 0.2) is 5.13 Å². The molecule has 1 fully saturated rings. The number of carbonyl (C=O) groups excluding carboxylic acids is 1. The molecule has 128 valence electrons. The highest BCUT2D eigenvalue weighted by atomic mass is 79.9. The number of fused-ring (bicyclic) bond motifs is 1. The molecule has 0 bridgehead atoms. The molecule has 1 saturated heterocycles. The van der Waals surface area contributed by atoms with E-state index in [1.807, 2.05) is 24.3 Å². The normalized spacial score (nSPS) is 17.1. The lowest BCUT2D eigenvalue weighted by atomic mass is 10.2. The molecule has 0 N–H and O–H groups in total. The lowest BCUT2D eigenvalue weighted by Crippen LogP contribution is -2.37. The van der Waals surface area contributed by atoms with Gasteiger partial charge in [-0.05, 0) is 47.0 Å². The van der Waals surface area contributed by atoms with Crippen molar-refractivity contribution >= 4 is 48.5 Å². The molecule has 3 heterocycles. The van der Waals surface area contributed by atoms with Crippen LogP contribution in [0.25, 0.3) is 10.2 Å². The van der Waals surface area contributed by atoms with Crippen molar-refractivity contribution in [2.75, 3.05) is 18.1 Å². The fourth-order valence-electron chi connectivity index (χ4n) is 2.90. The highest BCUT2D eigenvalue weighted by Gasteiger charge is 2.27. The Kier molecular flexibility index (Phi) is 4.78. The van der Waals surface area contributed by atoms with Gasteiger partial charge >= 0.3 is 0 Å². The van der Waals surface area contributed by atoms with Crippen molar-refractivity contribution in [3.05, 3.63) is 52.8 Å². The highest BCUT2D eigenvalue weighted by Crippen LogP contribution is 2.30. The molecular weight excluding hydrogens is 402 g/mol. The fraction of sp³-hybridized carbons (Fsp3) is 0.278. The maximum absolute atomic E-state index is 13.1. The van der Waals surface area contributed by atoms with Gasteiger partial charge in [-0.15, -0.1) is 0 Å². The number of nitrogens with zero attached hydrogens (tertiary/aromatic N) is 3. The van der Waals surface area contributed by atoms with Crippen molar-refractivity contribution in [1.82, 2.24) is 9.97 Å². The number of aromatic nitrogens is 2. The minimum Gasteiger partial charge on any atom is -0.376 e. The van der Waals surface area contributed by atoms with E-state index in [4.69, 9.17) is 4.74 Å². The van der Waals surface area contributed by atoms with Gasteiger partial charge in [-0.1, -0.05) is 23.5 Å². The molecule has 3 aromatic rings. The smallest absolute Gasteiger partial charge is 0.261 e. The Labute approximate surface area is 157 Å². The van der Waals surface area contributed by atoms with E-state index in [0.717, 1.165) is 34.1 Å². The monoisotopic (exact) mass is 417 g/mol. The van der Waals surface area contributed by atoms with Gasteiger partial charge in [0.1, 0.15) is 0 Å². The van der Waals surface area contributed by atoms with Gasteiger partial charge in [-0.2, -0.15) is 0 Å². The Morgan fingerprint density at radius 2 is 2.24 bits per heavy atom. The van der Waals surface area contributed by atoms with Crippen LogP contribution in [0.5, 0.6) is 0 Å². The second kappa shape index (κ2) is 7.19. The van der Waals surface area contributed by atoms with E-state index >= 15 is 0 Å². The number of thiazole rings is 1. The van der Waals surface area contributed by atoms with Crippen LogP contribution in [0.3, 0.4) is 0 Å². The first-order valence-corrected chi connectivity index (χ1v) is 9.71. The minimum atomic E-state index is -0.108. The van der Waals surface area contributed by atoms with Gasteiger partial charge in [0, 0.05) is 23.5 Å². The van der Waals surface area contributed by atoms with Gasteiger partial charge in [-0.3, -0.25) is 14.7 Å². The van der Waals surface area contributed by atoms with Crippen LogP contribution >= 0.6 is 27.3 Å². The maximum atomic E-state index is 13.1. The number of rotatable bonds is 4. The number of anilines is 1. The molecule has 0 unspecified atom stereocenters. The second-order valence-corrected chi connectivity index (χ2v) is 7.83. The maximum Gasteiger partial charge on any atom is 0.261 e. The summed E-state index contributed by atoms with van der Waals surface area (Å²) < 4.78 is 7.59. The molecule has 4 rings (SSSR count). The van der Waals surface area contributed by atoms with Crippen LogP contribution in [0, 0.1) is 0 Å². The molecule has 1 aliphatic heterocycles. The van der Waals surface area contributed by atoms with Crippen molar-refractivity contribution in [3.63, 3.8) is 0 Å². The molecule has 1 aliphatic rings. The average Bonchev–Trinajstić information content (AvgIpc) is 3.28. The molecule has 25 heavy (non-hydrogen) atoms. The first-order chi connectivity index (χ1) is 12.2. The third-order valence-corrected chi connectivity index (χ3v) is 5.61. The van der Waals surface area contributed by atoms with E-state index in [1.165, 1.54) is 11.3 Å². The molecule has 0 saturated carbocycles. The summed E-state index contributed by atoms with van der Waals surface area (Å²) in [5.41, 5.74) is 1.44. The summed E-state index contributed by atoms with van der Waals surface area (Å²) in [5.74, 6) is -0.108. The topological polar surface area (TPSA) is 55.3 Å². The number of ether oxygens (including phenoxy) is 1. The molecule has 0 spiro atoms. The van der Waals surface area contributed by atoms with E-state index in [2.05, 4.69) is 25.9 Å². The first-order valence-electron chi connectivity index (χ1n) is 8.10. The number of halogens is 1. The molecule has 5 nitrogen and oxygen atoms in total. The molecule has 1 aromatic carbocycles. The van der Waals surface area contributed by atoms with Crippen LogP contribution in [0.4, 0.5) is 5.13 Å². The van der Waals surface area contributed by atoms with Crippen molar-refractivity contribution in [2.45, 2.75) is 18.9 Å². The van der Waals surface area contributed by atoms with Crippen molar-refractivity contribution < 1.29 is 9.53 Å². The Bertz CT molecular complexity index is 875. The number of hydrogen-bond donors (Lipinski definition) is 0. The van der Waals surface area contributed by atoms with Gasteiger partial charge in [0.05, 0.1) is 28.4 Å². The zero-order chi connectivity index (χ0) is 17.2. The molecule has 7 heteroatoms. The number of hydrogen-bond acceptors (Lipinski definition) is 5. The zero-order valence-electron chi connectivity index (χ0n) is 13.4. The van der Waals surface area contributed by atoms with Crippen LogP contribution in [-0.4, -0.2) is 35.1 Å². The van der Waals surface area contributed by atoms with Crippen LogP contribution in [0.15, 0.2) is 47.2 Å². The SMILES string of the molecule is O=C(c1cncc(Br)c1)N(C[C@@H]1CCCO1)c1nc2ccccc2s1. The first kappa shape index (κ1) is 16.6. The minimum absolute atomic E-state index is 0.0519. The van der Waals surface area contributed by atoms with Gasteiger partial charge in [0.2, 0.25) is 0 Å². The number of pyridine rings is 1. The summed E-state index contributed by atoms with van der Waals surface area (Å²) in [7, 11) is 0. The van der Waals surface area contributed by atoms with Crippen LogP contribution in [-0.2, 0) is 4.74 Å². The summed E-state index contributed by atoms with van der Waals surface area (Å²) in [5, 5.41) is 0.696. The summed E-state index contributed by atoms with van der Waals surface area (Å²) in [6, 6.07) is 9.70. The van der Waals surface area contributed by atoms with Gasteiger partial charge in [0.25, 0.3) is 5.91 Å². The number of para-hydroxylation sites is 1. The molecule has 0 radical (unpaired) electrons. The number of benzene rings is 1. The molecule has 0 aliphatic carbocycles. The summed E-state index contributed by atoms with van der Waals surface area (Å²) in [6.45, 7) is 1.26. The third kappa shape index (κ3) is 3.58. The lowest BCUT2D eigenvalue weighted by Gasteiger charge is -2.23. The van der Waals surface area contributed by atoms with Crippen LogP contribution in [0.1, 0.15) is 23.2 Å². The molecule has 1 amide bonds. The molecule has 2 aromatic heterocycles. The van der Waals surface area contributed by atoms with Crippen LogP contribution in [0.2, 0.25) is 0 Å². The Hall–Kier alpha value is -1.83. The Morgan fingerprint density at radius 3 is 3.00 bits per heavy atom. The second-order valence-electron chi connectivity index (χ2n) is 5.91. The molecule has 1 atom stereocenters. The highest BCUT2D eigenvalue weighted by molar-refractivity contribution is 9.10. The fourth-order valence-corrected chi connectivity index (χ4v) is 4.24. The Morgan fingerprint density at radius 1 is 1.36 bits per heavy atom. The van der Waals surface area contributed by atoms with E-state index < -0.39 is 0 Å². The third-order valence-electron chi connectivity index (χ3n) is 4.12. The average molecular weight is 418 g/mol. The summed E-state index contributed by atoms with van der Waals surface area (Å²) in [6.07, 6.45) is 5.30. The van der Waals surface area contributed by atoms with Crippen LogP contribution < -0.4 is 4.90 Å². The van der Waals surface area contributed by atoms with Crippen molar-refractivity contribution in [1.29, 1.82) is 0 Å².